The van der Waals surface area contributed by atoms with Crippen molar-refractivity contribution in [2.75, 3.05) is 18.0 Å². The fourth-order valence-corrected chi connectivity index (χ4v) is 2.31. The molecule has 0 aliphatic carbocycles. The lowest BCUT2D eigenvalue weighted by atomic mass is 10.0. The fourth-order valence-electron chi connectivity index (χ4n) is 2.31. The van der Waals surface area contributed by atoms with Gasteiger partial charge in [0.1, 0.15) is 5.56 Å². The number of nitrogens with zero attached hydrogens (tertiary/aromatic N) is 2. The van der Waals surface area contributed by atoms with E-state index < -0.39 is 23.1 Å². The summed E-state index contributed by atoms with van der Waals surface area (Å²) in [7, 11) is 0. The number of alkyl halides is 3. The van der Waals surface area contributed by atoms with Crippen molar-refractivity contribution in [2.24, 2.45) is 0 Å². The first kappa shape index (κ1) is 13.7. The van der Waals surface area contributed by atoms with E-state index in [0.29, 0.717) is 13.1 Å². The van der Waals surface area contributed by atoms with E-state index in [1.165, 1.54) is 12.1 Å². The molecule has 2 nitrogen and oxygen atoms in total. The third-order valence-electron chi connectivity index (χ3n) is 3.22. The van der Waals surface area contributed by atoms with Crippen LogP contribution in [0.25, 0.3) is 0 Å². The van der Waals surface area contributed by atoms with Gasteiger partial charge >= 0.3 is 6.18 Å². The Morgan fingerprint density at radius 1 is 1.11 bits per heavy atom. The number of benzene rings is 1. The van der Waals surface area contributed by atoms with E-state index in [2.05, 4.69) is 0 Å². The second kappa shape index (κ2) is 5.08. The number of hydrogen-bond donors (Lipinski definition) is 0. The highest BCUT2D eigenvalue weighted by molar-refractivity contribution is 5.56. The molecule has 0 unspecified atom stereocenters. The smallest absolute Gasteiger partial charge is 0.369 e. The molecule has 0 spiro atoms. The number of anilines is 1. The van der Waals surface area contributed by atoms with Crippen molar-refractivity contribution in [2.45, 2.75) is 25.4 Å². The Bertz CT molecular complexity index is 511. The molecule has 0 bridgehead atoms. The van der Waals surface area contributed by atoms with Gasteiger partial charge in [0, 0.05) is 13.1 Å². The monoisotopic (exact) mass is 272 g/mol. The molecular weight excluding hydrogens is 260 g/mol. The molecule has 0 aromatic heterocycles. The van der Waals surface area contributed by atoms with Crippen molar-refractivity contribution in [3.8, 4) is 6.07 Å². The molecule has 1 saturated heterocycles. The molecule has 0 atom stereocenters. The molecule has 19 heavy (non-hydrogen) atoms. The van der Waals surface area contributed by atoms with E-state index >= 15 is 0 Å². The quantitative estimate of drug-likeness (QED) is 0.729. The normalized spacial score (nSPS) is 16.3. The van der Waals surface area contributed by atoms with Crippen LogP contribution in [-0.4, -0.2) is 13.1 Å². The highest BCUT2D eigenvalue weighted by Gasteiger charge is 2.38. The van der Waals surface area contributed by atoms with E-state index in [-0.39, 0.29) is 5.69 Å². The standard InChI is InChI=1S/C13H12F4N2/c14-12-10(19-6-2-1-3-7-19)5-4-9(8-18)11(12)13(15,16)17/h4-5H,1-3,6-7H2. The minimum Gasteiger partial charge on any atom is -0.369 e. The van der Waals surface area contributed by atoms with Crippen LogP contribution in [0.15, 0.2) is 12.1 Å². The number of rotatable bonds is 1. The van der Waals surface area contributed by atoms with Gasteiger partial charge < -0.3 is 4.90 Å². The Labute approximate surface area is 108 Å². The second-order valence-corrected chi connectivity index (χ2v) is 4.48. The third-order valence-corrected chi connectivity index (χ3v) is 3.22. The summed E-state index contributed by atoms with van der Waals surface area (Å²) < 4.78 is 52.6. The van der Waals surface area contributed by atoms with Crippen LogP contribution < -0.4 is 4.90 Å². The highest BCUT2D eigenvalue weighted by Crippen LogP contribution is 2.38. The lowest BCUT2D eigenvalue weighted by molar-refractivity contribution is -0.140. The van der Waals surface area contributed by atoms with Crippen LogP contribution in [-0.2, 0) is 6.18 Å². The first-order chi connectivity index (χ1) is 8.95. The van der Waals surface area contributed by atoms with Gasteiger partial charge in [-0.1, -0.05) is 0 Å². The van der Waals surface area contributed by atoms with E-state index in [4.69, 9.17) is 5.26 Å². The van der Waals surface area contributed by atoms with Crippen molar-refractivity contribution in [3.63, 3.8) is 0 Å². The summed E-state index contributed by atoms with van der Waals surface area (Å²) in [6, 6.07) is 3.69. The Hall–Kier alpha value is -1.77. The molecule has 1 heterocycles. The first-order valence-corrected chi connectivity index (χ1v) is 6.00. The van der Waals surface area contributed by atoms with Gasteiger partial charge in [-0.05, 0) is 31.4 Å². The molecule has 1 aromatic carbocycles. The highest BCUT2D eigenvalue weighted by atomic mass is 19.4. The zero-order chi connectivity index (χ0) is 14.0. The van der Waals surface area contributed by atoms with Crippen molar-refractivity contribution in [3.05, 3.63) is 29.1 Å². The Balaban J connectivity index is 2.50. The largest absolute Gasteiger partial charge is 0.420 e. The zero-order valence-corrected chi connectivity index (χ0v) is 10.1. The molecule has 1 aliphatic heterocycles. The molecule has 0 radical (unpaired) electrons. The lowest BCUT2D eigenvalue weighted by Gasteiger charge is -2.30. The topological polar surface area (TPSA) is 27.0 Å². The lowest BCUT2D eigenvalue weighted by Crippen LogP contribution is -2.31. The molecule has 6 heteroatoms. The summed E-state index contributed by atoms with van der Waals surface area (Å²) in [5, 5.41) is 8.68. The van der Waals surface area contributed by atoms with E-state index in [1.807, 2.05) is 0 Å². The molecular formula is C13H12F4N2. The molecule has 0 saturated carbocycles. The van der Waals surface area contributed by atoms with Crippen molar-refractivity contribution in [1.29, 1.82) is 5.26 Å². The second-order valence-electron chi connectivity index (χ2n) is 4.48. The van der Waals surface area contributed by atoms with Crippen molar-refractivity contribution >= 4 is 5.69 Å². The van der Waals surface area contributed by atoms with Crippen LogP contribution in [0.3, 0.4) is 0 Å². The fraction of sp³-hybridized carbons (Fsp3) is 0.462. The van der Waals surface area contributed by atoms with E-state index in [9.17, 15) is 17.6 Å². The number of nitriles is 1. The van der Waals surface area contributed by atoms with Gasteiger partial charge in [0.25, 0.3) is 0 Å². The van der Waals surface area contributed by atoms with Crippen LogP contribution in [0, 0.1) is 17.1 Å². The SMILES string of the molecule is N#Cc1ccc(N2CCCCC2)c(F)c1C(F)(F)F. The van der Waals surface area contributed by atoms with Crippen LogP contribution >= 0.6 is 0 Å². The summed E-state index contributed by atoms with van der Waals surface area (Å²) in [6.07, 6.45) is -2.19. The predicted octanol–water partition coefficient (Wildman–Crippen LogP) is 3.71. The Kier molecular flexibility index (Phi) is 3.65. The number of piperidine rings is 1. The van der Waals surface area contributed by atoms with Crippen molar-refractivity contribution < 1.29 is 17.6 Å². The average molecular weight is 272 g/mol. The van der Waals surface area contributed by atoms with E-state index in [1.54, 1.807) is 4.90 Å². The van der Waals surface area contributed by atoms with Crippen LogP contribution in [0.2, 0.25) is 0 Å². The van der Waals surface area contributed by atoms with Gasteiger partial charge in [0.05, 0.1) is 17.3 Å². The van der Waals surface area contributed by atoms with Gasteiger partial charge in [0.2, 0.25) is 0 Å². The third kappa shape index (κ3) is 2.65. The summed E-state index contributed by atoms with van der Waals surface area (Å²) >= 11 is 0. The Morgan fingerprint density at radius 3 is 2.26 bits per heavy atom. The van der Waals surface area contributed by atoms with Gasteiger partial charge in [-0.2, -0.15) is 18.4 Å². The summed E-state index contributed by atoms with van der Waals surface area (Å²) in [5.41, 5.74) is -2.20. The molecule has 1 fully saturated rings. The molecule has 1 aliphatic rings. The van der Waals surface area contributed by atoms with Crippen molar-refractivity contribution in [1.82, 2.24) is 0 Å². The van der Waals surface area contributed by atoms with Crippen LogP contribution in [0.5, 0.6) is 0 Å². The predicted molar refractivity (Wildman–Crippen MR) is 62.2 cm³/mol. The summed E-state index contributed by atoms with van der Waals surface area (Å²) in [6.45, 7) is 1.08. The molecule has 1 aromatic rings. The minimum atomic E-state index is -4.86. The maximum atomic E-state index is 14.1. The first-order valence-electron chi connectivity index (χ1n) is 6.00. The number of halogens is 4. The van der Waals surface area contributed by atoms with E-state index in [0.717, 1.165) is 25.3 Å². The number of hydrogen-bond acceptors (Lipinski definition) is 2. The van der Waals surface area contributed by atoms with Crippen LogP contribution in [0.4, 0.5) is 23.2 Å². The van der Waals surface area contributed by atoms with Gasteiger partial charge in [0.15, 0.2) is 5.82 Å². The molecule has 102 valence electrons. The molecule has 0 amide bonds. The van der Waals surface area contributed by atoms with Gasteiger partial charge in [-0.25, -0.2) is 4.39 Å². The maximum absolute atomic E-state index is 14.1. The summed E-state index contributed by atoms with van der Waals surface area (Å²) in [4.78, 5) is 1.61. The zero-order valence-electron chi connectivity index (χ0n) is 10.1. The van der Waals surface area contributed by atoms with Gasteiger partial charge in [-0.15, -0.1) is 0 Å². The minimum absolute atomic E-state index is 0.0639. The van der Waals surface area contributed by atoms with Gasteiger partial charge in [-0.3, -0.25) is 0 Å². The maximum Gasteiger partial charge on any atom is 0.420 e. The summed E-state index contributed by atoms with van der Waals surface area (Å²) in [5.74, 6) is -1.34. The molecule has 2 rings (SSSR count). The average Bonchev–Trinajstić information content (AvgIpc) is 2.37. The molecule has 0 N–H and O–H groups in total. The Morgan fingerprint density at radius 2 is 1.74 bits per heavy atom. The van der Waals surface area contributed by atoms with Crippen LogP contribution in [0.1, 0.15) is 30.4 Å².